The molecule has 1 aromatic heterocycles. The van der Waals surface area contributed by atoms with E-state index in [-0.39, 0.29) is 17.8 Å². The van der Waals surface area contributed by atoms with E-state index in [4.69, 9.17) is 13.9 Å². The lowest BCUT2D eigenvalue weighted by Crippen LogP contribution is -2.29. The average molecular weight is 540 g/mol. The first-order valence-electron chi connectivity index (χ1n) is 13.8. The Balaban J connectivity index is 1.61. The molecule has 1 atom stereocenters. The summed E-state index contributed by atoms with van der Waals surface area (Å²) in [4.78, 5) is 41.6. The van der Waals surface area contributed by atoms with E-state index in [1.807, 2.05) is 44.2 Å². The molecule has 1 aliphatic heterocycles. The van der Waals surface area contributed by atoms with Gasteiger partial charge in [0.15, 0.2) is 5.43 Å². The molecule has 1 aliphatic rings. The van der Waals surface area contributed by atoms with E-state index in [0.717, 1.165) is 41.7 Å². The van der Waals surface area contributed by atoms with Crippen molar-refractivity contribution in [3.63, 3.8) is 0 Å². The van der Waals surface area contributed by atoms with Crippen LogP contribution in [-0.4, -0.2) is 25.1 Å². The van der Waals surface area contributed by atoms with Crippen LogP contribution in [0.5, 0.6) is 5.75 Å². The maximum absolute atomic E-state index is 14.0. The van der Waals surface area contributed by atoms with E-state index in [1.165, 1.54) is 0 Å². The Bertz CT molecular complexity index is 1620. The van der Waals surface area contributed by atoms with Crippen LogP contribution in [0.25, 0.3) is 11.0 Å². The molecule has 206 valence electrons. The topological polar surface area (TPSA) is 86.0 Å². The molecule has 1 unspecified atom stereocenters. The molecular formula is C33H33NO6. The minimum atomic E-state index is -0.715. The number of amides is 1. The molecule has 0 aliphatic carbocycles. The number of anilines is 1. The molecule has 40 heavy (non-hydrogen) atoms. The Morgan fingerprint density at radius 3 is 2.30 bits per heavy atom. The maximum Gasteiger partial charge on any atom is 0.338 e. The van der Waals surface area contributed by atoms with Crippen LogP contribution in [0.4, 0.5) is 5.69 Å². The second-order valence-electron chi connectivity index (χ2n) is 10.1. The van der Waals surface area contributed by atoms with Gasteiger partial charge in [-0.2, -0.15) is 0 Å². The van der Waals surface area contributed by atoms with Gasteiger partial charge in [-0.25, -0.2) is 4.79 Å². The van der Waals surface area contributed by atoms with Gasteiger partial charge in [-0.1, -0.05) is 31.9 Å². The van der Waals surface area contributed by atoms with Gasteiger partial charge in [-0.05, 0) is 92.4 Å². The van der Waals surface area contributed by atoms with Gasteiger partial charge in [0, 0.05) is 5.69 Å². The molecule has 0 spiro atoms. The highest BCUT2D eigenvalue weighted by Gasteiger charge is 2.43. The van der Waals surface area contributed by atoms with E-state index in [0.29, 0.717) is 34.4 Å². The van der Waals surface area contributed by atoms with Crippen LogP contribution in [0.15, 0.2) is 69.9 Å². The standard InChI is InChI=1S/C33H33NO6/c1-5-7-8-17-39-25-15-11-22(12-16-25)29-28-30(35)26-18-20(3)21(4)19-27(26)40-31(28)32(36)34(29)24-13-9-23(10-14-24)33(37)38-6-2/h9-16,18-19,29H,5-8,17H2,1-4H3. The van der Waals surface area contributed by atoms with Gasteiger partial charge in [-0.15, -0.1) is 0 Å². The number of hydrogen-bond donors (Lipinski definition) is 0. The van der Waals surface area contributed by atoms with Crippen LogP contribution in [0.3, 0.4) is 0 Å². The molecule has 0 bridgehead atoms. The fourth-order valence-corrected chi connectivity index (χ4v) is 5.07. The molecule has 2 heterocycles. The molecule has 7 nitrogen and oxygen atoms in total. The van der Waals surface area contributed by atoms with Crippen LogP contribution in [0.1, 0.15) is 82.3 Å². The molecule has 0 fully saturated rings. The normalized spacial score (nSPS) is 14.4. The largest absolute Gasteiger partial charge is 0.494 e. The third kappa shape index (κ3) is 4.99. The van der Waals surface area contributed by atoms with Crippen molar-refractivity contribution in [2.24, 2.45) is 0 Å². The van der Waals surface area contributed by atoms with E-state index in [1.54, 1.807) is 42.2 Å². The summed E-state index contributed by atoms with van der Waals surface area (Å²) in [6, 6.07) is 17.0. The number of esters is 1. The summed E-state index contributed by atoms with van der Waals surface area (Å²) in [5, 5.41) is 0.440. The fourth-order valence-electron chi connectivity index (χ4n) is 5.07. The first-order chi connectivity index (χ1) is 19.3. The zero-order chi connectivity index (χ0) is 28.4. The highest BCUT2D eigenvalue weighted by molar-refractivity contribution is 6.11. The van der Waals surface area contributed by atoms with Crippen LogP contribution in [-0.2, 0) is 4.74 Å². The molecule has 4 aromatic rings. The van der Waals surface area contributed by atoms with Crippen molar-refractivity contribution < 1.29 is 23.5 Å². The Kier molecular flexibility index (Phi) is 7.74. The van der Waals surface area contributed by atoms with Gasteiger partial charge in [0.25, 0.3) is 5.91 Å². The number of carbonyl (C=O) groups excluding carboxylic acids is 2. The van der Waals surface area contributed by atoms with Crippen molar-refractivity contribution in [2.45, 2.75) is 53.0 Å². The number of hydrogen-bond acceptors (Lipinski definition) is 6. The minimum Gasteiger partial charge on any atom is -0.494 e. The predicted octanol–water partition coefficient (Wildman–Crippen LogP) is 6.91. The van der Waals surface area contributed by atoms with E-state index in [9.17, 15) is 14.4 Å². The van der Waals surface area contributed by atoms with Crippen LogP contribution < -0.4 is 15.1 Å². The Morgan fingerprint density at radius 1 is 0.925 bits per heavy atom. The lowest BCUT2D eigenvalue weighted by atomic mass is 9.97. The van der Waals surface area contributed by atoms with E-state index >= 15 is 0 Å². The summed E-state index contributed by atoms with van der Waals surface area (Å²) >= 11 is 0. The number of ether oxygens (including phenoxy) is 2. The first kappa shape index (κ1) is 27.2. The quantitative estimate of drug-likeness (QED) is 0.170. The van der Waals surface area contributed by atoms with Gasteiger partial charge in [0.2, 0.25) is 5.76 Å². The molecule has 3 aromatic carbocycles. The molecule has 5 rings (SSSR count). The minimum absolute atomic E-state index is 0.0279. The van der Waals surface area contributed by atoms with Gasteiger partial charge < -0.3 is 13.9 Å². The smallest absolute Gasteiger partial charge is 0.338 e. The molecule has 0 radical (unpaired) electrons. The number of nitrogens with zero attached hydrogens (tertiary/aromatic N) is 1. The van der Waals surface area contributed by atoms with Crippen molar-refractivity contribution in [1.82, 2.24) is 0 Å². The summed E-state index contributed by atoms with van der Waals surface area (Å²) in [6.07, 6.45) is 3.20. The second-order valence-corrected chi connectivity index (χ2v) is 10.1. The van der Waals surface area contributed by atoms with Crippen LogP contribution in [0.2, 0.25) is 0 Å². The van der Waals surface area contributed by atoms with E-state index in [2.05, 4.69) is 6.92 Å². The Morgan fingerprint density at radius 2 is 1.62 bits per heavy atom. The summed E-state index contributed by atoms with van der Waals surface area (Å²) in [5.74, 6) is -0.0995. The first-order valence-corrected chi connectivity index (χ1v) is 13.8. The van der Waals surface area contributed by atoms with Gasteiger partial charge in [0.05, 0.1) is 35.8 Å². The second kappa shape index (κ2) is 11.4. The number of carbonyl (C=O) groups is 2. The molecule has 0 saturated heterocycles. The van der Waals surface area contributed by atoms with E-state index < -0.39 is 17.9 Å². The van der Waals surface area contributed by atoms with Gasteiger partial charge in [0.1, 0.15) is 11.3 Å². The van der Waals surface area contributed by atoms with Crippen LogP contribution >= 0.6 is 0 Å². The number of fused-ring (bicyclic) bond motifs is 2. The molecule has 1 amide bonds. The zero-order valence-corrected chi connectivity index (χ0v) is 23.3. The fraction of sp³-hybridized carbons (Fsp3) is 0.303. The Hall–Kier alpha value is -4.39. The lowest BCUT2D eigenvalue weighted by Gasteiger charge is -2.25. The third-order valence-electron chi connectivity index (χ3n) is 7.36. The van der Waals surface area contributed by atoms with Crippen molar-refractivity contribution in [3.05, 3.63) is 104 Å². The molecule has 0 saturated carbocycles. The van der Waals surface area contributed by atoms with Crippen LogP contribution in [0, 0.1) is 13.8 Å². The van der Waals surface area contributed by atoms with Crippen molar-refractivity contribution in [1.29, 1.82) is 0 Å². The van der Waals surface area contributed by atoms with Crippen molar-refractivity contribution in [3.8, 4) is 5.75 Å². The van der Waals surface area contributed by atoms with Crippen molar-refractivity contribution in [2.75, 3.05) is 18.1 Å². The zero-order valence-electron chi connectivity index (χ0n) is 23.3. The monoisotopic (exact) mass is 539 g/mol. The average Bonchev–Trinajstić information content (AvgIpc) is 3.25. The summed E-state index contributed by atoms with van der Waals surface area (Å²) in [5.41, 5.74) is 4.05. The summed E-state index contributed by atoms with van der Waals surface area (Å²) < 4.78 is 17.1. The molecule has 7 heteroatoms. The SMILES string of the molecule is CCCCCOc1ccc(C2c3c(oc4cc(C)c(C)cc4c3=O)C(=O)N2c2ccc(C(=O)OCC)cc2)cc1. The Labute approximate surface area is 233 Å². The molecule has 0 N–H and O–H groups in total. The van der Waals surface area contributed by atoms with Gasteiger partial charge >= 0.3 is 5.97 Å². The lowest BCUT2D eigenvalue weighted by molar-refractivity contribution is 0.0526. The summed E-state index contributed by atoms with van der Waals surface area (Å²) in [6.45, 7) is 8.67. The number of rotatable bonds is 9. The third-order valence-corrected chi connectivity index (χ3v) is 7.36. The molecular weight excluding hydrogens is 506 g/mol. The number of unbranched alkanes of at least 4 members (excludes halogenated alkanes) is 2. The number of aryl methyl sites for hydroxylation is 2. The number of benzene rings is 3. The van der Waals surface area contributed by atoms with Crippen molar-refractivity contribution >= 4 is 28.5 Å². The highest BCUT2D eigenvalue weighted by atomic mass is 16.5. The summed E-state index contributed by atoms with van der Waals surface area (Å²) in [7, 11) is 0. The maximum atomic E-state index is 14.0. The predicted molar refractivity (Wildman–Crippen MR) is 154 cm³/mol. The highest BCUT2D eigenvalue weighted by Crippen LogP contribution is 2.41. The van der Waals surface area contributed by atoms with Gasteiger partial charge in [-0.3, -0.25) is 14.5 Å².